The van der Waals surface area contributed by atoms with Crippen molar-refractivity contribution in [3.05, 3.63) is 40.4 Å². The van der Waals surface area contributed by atoms with Crippen LogP contribution in [0.5, 0.6) is 0 Å². The highest BCUT2D eigenvalue weighted by Gasteiger charge is 2.08. The Bertz CT molecular complexity index is 404. The fourth-order valence-corrected chi connectivity index (χ4v) is 1.08. The van der Waals surface area contributed by atoms with Crippen LogP contribution in [0.3, 0.4) is 0 Å². The van der Waals surface area contributed by atoms with Crippen molar-refractivity contribution in [2.45, 2.75) is 0 Å². The standard InChI is InChI=1S/C9H6ClF2NO/c10-9-5(1-4-8(13)14)6(11)2-3-7(9)12/h1-4H,(H2,13,14). The second-order valence-electron chi connectivity index (χ2n) is 2.49. The third-order valence-electron chi connectivity index (χ3n) is 1.49. The summed E-state index contributed by atoms with van der Waals surface area (Å²) in [5.41, 5.74) is 4.60. The van der Waals surface area contributed by atoms with E-state index in [2.05, 4.69) is 0 Å². The van der Waals surface area contributed by atoms with E-state index in [1.54, 1.807) is 0 Å². The Hall–Kier alpha value is -1.42. The SMILES string of the molecule is NC(=O)C=Cc1c(F)ccc(F)c1Cl. The van der Waals surface area contributed by atoms with Crippen LogP contribution in [0.1, 0.15) is 5.56 Å². The summed E-state index contributed by atoms with van der Waals surface area (Å²) in [5, 5.41) is -0.373. The fraction of sp³-hybridized carbons (Fsp3) is 0. The highest BCUT2D eigenvalue weighted by atomic mass is 35.5. The van der Waals surface area contributed by atoms with Gasteiger partial charge < -0.3 is 5.73 Å². The smallest absolute Gasteiger partial charge is 0.241 e. The van der Waals surface area contributed by atoms with Gasteiger partial charge in [-0.05, 0) is 18.2 Å². The number of halogens is 3. The molecule has 0 aliphatic rings. The summed E-state index contributed by atoms with van der Waals surface area (Å²) in [6, 6.07) is 1.82. The average Bonchev–Trinajstić information content (AvgIpc) is 2.11. The molecule has 0 radical (unpaired) electrons. The van der Waals surface area contributed by atoms with Crippen LogP contribution < -0.4 is 5.73 Å². The molecule has 0 unspecified atom stereocenters. The van der Waals surface area contributed by atoms with Gasteiger partial charge in [-0.25, -0.2) is 8.78 Å². The quantitative estimate of drug-likeness (QED) is 0.599. The van der Waals surface area contributed by atoms with Crippen LogP contribution in [-0.4, -0.2) is 5.91 Å². The van der Waals surface area contributed by atoms with E-state index < -0.39 is 17.5 Å². The summed E-state index contributed by atoms with van der Waals surface area (Å²) >= 11 is 5.46. The number of hydrogen-bond acceptors (Lipinski definition) is 1. The Morgan fingerprint density at radius 2 is 1.93 bits per heavy atom. The molecule has 0 saturated carbocycles. The molecule has 0 aliphatic heterocycles. The zero-order valence-electron chi connectivity index (χ0n) is 6.93. The molecular weight excluding hydrogens is 212 g/mol. The van der Waals surface area contributed by atoms with Crippen molar-refractivity contribution in [2.24, 2.45) is 5.73 Å². The number of rotatable bonds is 2. The molecule has 0 heterocycles. The van der Waals surface area contributed by atoms with Crippen molar-refractivity contribution in [3.63, 3.8) is 0 Å². The number of benzene rings is 1. The van der Waals surface area contributed by atoms with E-state index in [-0.39, 0.29) is 10.6 Å². The number of carbonyl (C=O) groups is 1. The normalized spacial score (nSPS) is 10.8. The monoisotopic (exact) mass is 217 g/mol. The molecule has 1 rings (SSSR count). The maximum absolute atomic E-state index is 13.0. The highest BCUT2D eigenvalue weighted by molar-refractivity contribution is 6.32. The van der Waals surface area contributed by atoms with Crippen molar-refractivity contribution in [1.82, 2.24) is 0 Å². The van der Waals surface area contributed by atoms with Crippen LogP contribution in [-0.2, 0) is 4.79 Å². The number of nitrogens with two attached hydrogens (primary N) is 1. The van der Waals surface area contributed by atoms with E-state index in [1.165, 1.54) is 0 Å². The Labute approximate surface area is 84.0 Å². The number of carbonyl (C=O) groups excluding carboxylic acids is 1. The first-order chi connectivity index (χ1) is 6.52. The van der Waals surface area contributed by atoms with Gasteiger partial charge in [-0.1, -0.05) is 11.6 Å². The van der Waals surface area contributed by atoms with Crippen molar-refractivity contribution in [1.29, 1.82) is 0 Å². The van der Waals surface area contributed by atoms with Crippen LogP contribution in [0.25, 0.3) is 6.08 Å². The van der Waals surface area contributed by atoms with Gasteiger partial charge in [0.1, 0.15) is 11.6 Å². The number of hydrogen-bond donors (Lipinski definition) is 1. The molecule has 0 bridgehead atoms. The van der Waals surface area contributed by atoms with Gasteiger partial charge in [-0.2, -0.15) is 0 Å². The molecule has 0 spiro atoms. The van der Waals surface area contributed by atoms with E-state index in [4.69, 9.17) is 17.3 Å². The van der Waals surface area contributed by atoms with Crippen molar-refractivity contribution in [3.8, 4) is 0 Å². The zero-order valence-corrected chi connectivity index (χ0v) is 7.68. The lowest BCUT2D eigenvalue weighted by molar-refractivity contribution is -0.113. The van der Waals surface area contributed by atoms with Crippen molar-refractivity contribution in [2.75, 3.05) is 0 Å². The molecule has 14 heavy (non-hydrogen) atoms. The van der Waals surface area contributed by atoms with E-state index >= 15 is 0 Å². The molecule has 0 fully saturated rings. The van der Waals surface area contributed by atoms with Gasteiger partial charge in [0.25, 0.3) is 0 Å². The maximum Gasteiger partial charge on any atom is 0.241 e. The summed E-state index contributed by atoms with van der Waals surface area (Å²) in [7, 11) is 0. The Balaban J connectivity index is 3.19. The third-order valence-corrected chi connectivity index (χ3v) is 1.88. The lowest BCUT2D eigenvalue weighted by Gasteiger charge is -2.00. The molecule has 1 aromatic carbocycles. The van der Waals surface area contributed by atoms with Crippen LogP contribution >= 0.6 is 11.6 Å². The molecule has 0 saturated heterocycles. The predicted molar refractivity (Wildman–Crippen MR) is 49.6 cm³/mol. The van der Waals surface area contributed by atoms with E-state index in [0.717, 1.165) is 24.3 Å². The van der Waals surface area contributed by atoms with Crippen LogP contribution in [0.15, 0.2) is 18.2 Å². The number of primary amides is 1. The lowest BCUT2D eigenvalue weighted by atomic mass is 10.2. The predicted octanol–water partition coefficient (Wildman–Crippen LogP) is 2.12. The molecule has 1 aromatic rings. The first-order valence-electron chi connectivity index (χ1n) is 3.63. The molecule has 2 N–H and O–H groups in total. The average molecular weight is 218 g/mol. The largest absolute Gasteiger partial charge is 0.366 e. The highest BCUT2D eigenvalue weighted by Crippen LogP contribution is 2.23. The second kappa shape index (κ2) is 4.19. The minimum absolute atomic E-state index is 0.189. The van der Waals surface area contributed by atoms with E-state index in [0.29, 0.717) is 0 Å². The minimum atomic E-state index is -0.760. The van der Waals surface area contributed by atoms with Gasteiger partial charge in [-0.3, -0.25) is 4.79 Å². The van der Waals surface area contributed by atoms with Crippen molar-refractivity contribution < 1.29 is 13.6 Å². The topological polar surface area (TPSA) is 43.1 Å². The molecule has 74 valence electrons. The molecule has 0 atom stereocenters. The van der Waals surface area contributed by atoms with Gasteiger partial charge in [0.05, 0.1) is 5.02 Å². The summed E-state index contributed by atoms with van der Waals surface area (Å²) in [5.74, 6) is -2.23. The molecule has 5 heteroatoms. The molecule has 2 nitrogen and oxygen atoms in total. The first kappa shape index (κ1) is 10.7. The van der Waals surface area contributed by atoms with Gasteiger partial charge in [0.15, 0.2) is 0 Å². The molecule has 0 aromatic heterocycles. The summed E-state index contributed by atoms with van der Waals surface area (Å²) in [6.07, 6.45) is 1.94. The van der Waals surface area contributed by atoms with Crippen LogP contribution in [0.4, 0.5) is 8.78 Å². The van der Waals surface area contributed by atoms with Crippen LogP contribution in [0.2, 0.25) is 5.02 Å². The Morgan fingerprint density at radius 1 is 1.36 bits per heavy atom. The van der Waals surface area contributed by atoms with Gasteiger partial charge >= 0.3 is 0 Å². The molecule has 0 aliphatic carbocycles. The minimum Gasteiger partial charge on any atom is -0.366 e. The molecule has 1 amide bonds. The number of amides is 1. The van der Waals surface area contributed by atoms with Crippen molar-refractivity contribution >= 4 is 23.6 Å². The van der Waals surface area contributed by atoms with Gasteiger partial charge in [0.2, 0.25) is 5.91 Å². The summed E-state index contributed by atoms with van der Waals surface area (Å²) in [6.45, 7) is 0. The third kappa shape index (κ3) is 2.29. The lowest BCUT2D eigenvalue weighted by Crippen LogP contribution is -2.05. The summed E-state index contributed by atoms with van der Waals surface area (Å²) < 4.78 is 25.9. The van der Waals surface area contributed by atoms with Crippen LogP contribution in [0, 0.1) is 11.6 Å². The first-order valence-corrected chi connectivity index (χ1v) is 4.01. The van der Waals surface area contributed by atoms with E-state index in [1.807, 2.05) is 0 Å². The Morgan fingerprint density at radius 3 is 2.50 bits per heavy atom. The van der Waals surface area contributed by atoms with E-state index in [9.17, 15) is 13.6 Å². The maximum atomic E-state index is 13.0. The molecular formula is C9H6ClF2NO. The summed E-state index contributed by atoms with van der Waals surface area (Å²) in [4.78, 5) is 10.4. The van der Waals surface area contributed by atoms with Gasteiger partial charge in [-0.15, -0.1) is 0 Å². The fourth-order valence-electron chi connectivity index (χ4n) is 0.861. The second-order valence-corrected chi connectivity index (χ2v) is 2.87. The Kier molecular flexibility index (Phi) is 3.19. The zero-order chi connectivity index (χ0) is 10.7. The van der Waals surface area contributed by atoms with Gasteiger partial charge in [0, 0.05) is 11.6 Å².